The highest BCUT2D eigenvalue weighted by molar-refractivity contribution is 7.11. The molecule has 0 atom stereocenters. The van der Waals surface area contributed by atoms with Crippen molar-refractivity contribution in [3.8, 4) is 0 Å². The predicted molar refractivity (Wildman–Crippen MR) is 60.8 cm³/mol. The van der Waals surface area contributed by atoms with Gasteiger partial charge in [-0.25, -0.2) is 4.98 Å². The Morgan fingerprint density at radius 2 is 2.13 bits per heavy atom. The van der Waals surface area contributed by atoms with E-state index in [1.165, 1.54) is 4.88 Å². The summed E-state index contributed by atoms with van der Waals surface area (Å²) < 4.78 is 0. The minimum Gasteiger partial charge on any atom is -0.396 e. The molecule has 1 aromatic heterocycles. The van der Waals surface area contributed by atoms with Crippen molar-refractivity contribution in [3.63, 3.8) is 0 Å². The summed E-state index contributed by atoms with van der Waals surface area (Å²) in [6, 6.07) is 0. The van der Waals surface area contributed by atoms with Gasteiger partial charge in [0.05, 0.1) is 18.2 Å². The van der Waals surface area contributed by atoms with Crippen LogP contribution < -0.4 is 5.32 Å². The van der Waals surface area contributed by atoms with Gasteiger partial charge in [-0.1, -0.05) is 6.92 Å². The largest absolute Gasteiger partial charge is 0.396 e. The van der Waals surface area contributed by atoms with Gasteiger partial charge in [0.15, 0.2) is 0 Å². The van der Waals surface area contributed by atoms with Crippen LogP contribution in [0.5, 0.6) is 0 Å². The van der Waals surface area contributed by atoms with Gasteiger partial charge in [0, 0.05) is 29.6 Å². The van der Waals surface area contributed by atoms with Crippen molar-refractivity contribution in [3.05, 3.63) is 16.1 Å². The average molecular weight is 230 g/mol. The Morgan fingerprint density at radius 3 is 2.60 bits per heavy atom. The van der Waals surface area contributed by atoms with E-state index in [1.807, 2.05) is 20.0 Å². The van der Waals surface area contributed by atoms with E-state index < -0.39 is 5.41 Å². The van der Waals surface area contributed by atoms with E-state index >= 15 is 0 Å². The van der Waals surface area contributed by atoms with Crippen molar-refractivity contribution < 1.29 is 10.2 Å². The van der Waals surface area contributed by atoms with E-state index in [-0.39, 0.29) is 13.2 Å². The molecule has 0 bridgehead atoms. The molecule has 5 heteroatoms. The highest BCUT2D eigenvalue weighted by atomic mass is 32.1. The maximum absolute atomic E-state index is 9.08. The highest BCUT2D eigenvalue weighted by Crippen LogP contribution is 2.14. The van der Waals surface area contributed by atoms with Gasteiger partial charge in [0.2, 0.25) is 0 Å². The molecule has 0 aliphatic carbocycles. The zero-order chi connectivity index (χ0) is 11.3. The van der Waals surface area contributed by atoms with Crippen molar-refractivity contribution >= 4 is 11.3 Å². The number of aliphatic hydroxyl groups is 2. The molecule has 15 heavy (non-hydrogen) atoms. The third kappa shape index (κ3) is 3.87. The molecule has 86 valence electrons. The normalized spacial score (nSPS) is 12.0. The van der Waals surface area contributed by atoms with E-state index in [4.69, 9.17) is 10.2 Å². The van der Waals surface area contributed by atoms with Gasteiger partial charge in [-0.2, -0.15) is 0 Å². The van der Waals surface area contributed by atoms with Crippen molar-refractivity contribution in [2.45, 2.75) is 20.4 Å². The predicted octanol–water partition coefficient (Wildman–Crippen LogP) is 0.532. The monoisotopic (exact) mass is 230 g/mol. The van der Waals surface area contributed by atoms with Crippen molar-refractivity contribution in [1.29, 1.82) is 0 Å². The summed E-state index contributed by atoms with van der Waals surface area (Å²) in [7, 11) is 0. The minimum absolute atomic E-state index is 0.0157. The molecule has 0 saturated heterocycles. The van der Waals surface area contributed by atoms with Gasteiger partial charge in [-0.3, -0.25) is 0 Å². The summed E-state index contributed by atoms with van der Waals surface area (Å²) in [5.74, 6) is 0. The third-order valence-corrected chi connectivity index (χ3v) is 3.20. The van der Waals surface area contributed by atoms with Gasteiger partial charge >= 0.3 is 0 Å². The first-order valence-electron chi connectivity index (χ1n) is 4.93. The number of aliphatic hydroxyl groups excluding tert-OH is 2. The molecule has 1 aromatic rings. The molecule has 0 aliphatic rings. The van der Waals surface area contributed by atoms with Gasteiger partial charge in [-0.15, -0.1) is 11.3 Å². The number of hydrogen-bond acceptors (Lipinski definition) is 5. The lowest BCUT2D eigenvalue weighted by Crippen LogP contribution is -2.37. The summed E-state index contributed by atoms with van der Waals surface area (Å²) in [5.41, 5.74) is -0.445. The van der Waals surface area contributed by atoms with Crippen LogP contribution >= 0.6 is 11.3 Å². The molecule has 0 fully saturated rings. The van der Waals surface area contributed by atoms with Crippen LogP contribution in [0.4, 0.5) is 0 Å². The fourth-order valence-electron chi connectivity index (χ4n) is 1.14. The smallest absolute Gasteiger partial charge is 0.0897 e. The number of aromatic nitrogens is 1. The van der Waals surface area contributed by atoms with Crippen LogP contribution in [0.3, 0.4) is 0 Å². The Labute approximate surface area is 94.0 Å². The van der Waals surface area contributed by atoms with Crippen LogP contribution in [0.25, 0.3) is 0 Å². The Hall–Kier alpha value is -0.490. The fraction of sp³-hybridized carbons (Fsp3) is 0.700. The summed E-state index contributed by atoms with van der Waals surface area (Å²) in [6.07, 6.45) is 1.85. The molecule has 0 aliphatic heterocycles. The first-order chi connectivity index (χ1) is 7.09. The second-order valence-corrected chi connectivity index (χ2v) is 5.40. The molecule has 0 spiro atoms. The zero-order valence-corrected chi connectivity index (χ0v) is 9.97. The Balaban J connectivity index is 2.32. The van der Waals surface area contributed by atoms with Crippen LogP contribution in [0.2, 0.25) is 0 Å². The summed E-state index contributed by atoms with van der Waals surface area (Å²) in [4.78, 5) is 5.32. The van der Waals surface area contributed by atoms with Crippen LogP contribution in [-0.4, -0.2) is 35.0 Å². The Morgan fingerprint density at radius 1 is 1.47 bits per heavy atom. The number of nitrogens with one attached hydrogen (secondary N) is 1. The second-order valence-electron chi connectivity index (χ2n) is 4.08. The van der Waals surface area contributed by atoms with Crippen molar-refractivity contribution in [2.75, 3.05) is 19.8 Å². The molecule has 1 rings (SSSR count). The topological polar surface area (TPSA) is 65.4 Å². The number of aryl methyl sites for hydroxylation is 1. The minimum atomic E-state index is -0.445. The molecule has 4 nitrogen and oxygen atoms in total. The van der Waals surface area contributed by atoms with Crippen LogP contribution in [0.1, 0.15) is 16.8 Å². The third-order valence-electron chi connectivity index (χ3n) is 2.28. The fourth-order valence-corrected chi connectivity index (χ4v) is 1.90. The van der Waals surface area contributed by atoms with Crippen molar-refractivity contribution in [1.82, 2.24) is 10.3 Å². The molecule has 3 N–H and O–H groups in total. The average Bonchev–Trinajstić information content (AvgIpc) is 2.64. The molecule has 0 radical (unpaired) electrons. The number of nitrogens with zero attached hydrogens (tertiary/aromatic N) is 1. The standard InChI is InChI=1S/C10H18N2O2S/c1-8-12-4-9(15-8)3-11-5-10(2,6-13)7-14/h4,11,13-14H,3,5-7H2,1-2H3. The first-order valence-corrected chi connectivity index (χ1v) is 5.75. The van der Waals surface area contributed by atoms with Gasteiger partial charge in [0.25, 0.3) is 0 Å². The lowest BCUT2D eigenvalue weighted by Gasteiger charge is -2.24. The molecule has 0 saturated carbocycles. The number of hydrogen-bond donors (Lipinski definition) is 3. The molecule has 0 unspecified atom stereocenters. The molecule has 0 aromatic carbocycles. The highest BCUT2D eigenvalue weighted by Gasteiger charge is 2.21. The lowest BCUT2D eigenvalue weighted by atomic mass is 9.93. The molecular formula is C10H18N2O2S. The molecular weight excluding hydrogens is 212 g/mol. The Kier molecular flexibility index (Phi) is 4.66. The number of rotatable bonds is 6. The molecule has 1 heterocycles. The first kappa shape index (κ1) is 12.6. The SMILES string of the molecule is Cc1ncc(CNCC(C)(CO)CO)s1. The molecule has 0 amide bonds. The second kappa shape index (κ2) is 5.55. The van der Waals surface area contributed by atoms with E-state index in [0.717, 1.165) is 11.6 Å². The number of thiazole rings is 1. The van der Waals surface area contributed by atoms with Crippen LogP contribution in [-0.2, 0) is 6.54 Å². The van der Waals surface area contributed by atoms with Crippen LogP contribution in [0.15, 0.2) is 6.20 Å². The van der Waals surface area contributed by atoms with E-state index in [1.54, 1.807) is 11.3 Å². The van der Waals surface area contributed by atoms with Crippen molar-refractivity contribution in [2.24, 2.45) is 5.41 Å². The summed E-state index contributed by atoms with van der Waals surface area (Å²) in [6.45, 7) is 5.12. The van der Waals surface area contributed by atoms with E-state index in [9.17, 15) is 0 Å². The zero-order valence-electron chi connectivity index (χ0n) is 9.16. The van der Waals surface area contributed by atoms with E-state index in [0.29, 0.717) is 6.54 Å². The maximum atomic E-state index is 9.08. The van der Waals surface area contributed by atoms with E-state index in [2.05, 4.69) is 10.3 Å². The van der Waals surface area contributed by atoms with Gasteiger partial charge in [-0.05, 0) is 6.92 Å². The Bertz CT molecular complexity index is 297. The lowest BCUT2D eigenvalue weighted by molar-refractivity contribution is 0.0696. The van der Waals surface area contributed by atoms with Crippen LogP contribution in [0, 0.1) is 12.3 Å². The maximum Gasteiger partial charge on any atom is 0.0897 e. The van der Waals surface area contributed by atoms with Gasteiger partial charge < -0.3 is 15.5 Å². The van der Waals surface area contributed by atoms with Gasteiger partial charge in [0.1, 0.15) is 0 Å². The summed E-state index contributed by atoms with van der Waals surface area (Å²) >= 11 is 1.65. The summed E-state index contributed by atoms with van der Waals surface area (Å²) in [5, 5.41) is 22.4. The quantitative estimate of drug-likeness (QED) is 0.667.